The zero-order chi connectivity index (χ0) is 18.7. The van der Waals surface area contributed by atoms with Crippen molar-refractivity contribution in [3.8, 4) is 11.5 Å². The van der Waals surface area contributed by atoms with Gasteiger partial charge in [-0.3, -0.25) is 9.48 Å². The van der Waals surface area contributed by atoms with E-state index in [4.69, 9.17) is 4.52 Å². The second-order valence-electron chi connectivity index (χ2n) is 6.80. The van der Waals surface area contributed by atoms with Crippen LogP contribution in [0.1, 0.15) is 48.1 Å². The third-order valence-electron chi connectivity index (χ3n) is 4.08. The zero-order valence-corrected chi connectivity index (χ0v) is 15.4. The van der Waals surface area contributed by atoms with Crippen LogP contribution in [0.25, 0.3) is 11.5 Å². The first kappa shape index (κ1) is 17.8. The van der Waals surface area contributed by atoms with E-state index in [2.05, 4.69) is 34.4 Å². The molecule has 0 aliphatic heterocycles. The van der Waals surface area contributed by atoms with E-state index in [-0.39, 0.29) is 11.9 Å². The number of amides is 1. The fourth-order valence-corrected chi connectivity index (χ4v) is 2.77. The largest absolute Gasteiger partial charge is 0.340 e. The van der Waals surface area contributed by atoms with Gasteiger partial charge in [0.2, 0.25) is 11.7 Å². The molecule has 7 heteroatoms. The summed E-state index contributed by atoms with van der Waals surface area (Å²) in [6, 6.07) is 8.95. The fraction of sp³-hybridized carbons (Fsp3) is 0.368. The van der Waals surface area contributed by atoms with E-state index in [0.29, 0.717) is 35.3 Å². The van der Waals surface area contributed by atoms with Crippen molar-refractivity contribution >= 4 is 5.91 Å². The standard InChI is InChI=1S/C19H23N5O2/c1-12(2)11-16(20-18(25)14-8-6-5-7-13(14)3)19-21-17(23-26-19)15-9-10-24(4)22-15/h5-10,12,16H,11H2,1-4H3,(H,20,25). The monoisotopic (exact) mass is 353 g/mol. The van der Waals surface area contributed by atoms with Gasteiger partial charge in [-0.15, -0.1) is 0 Å². The van der Waals surface area contributed by atoms with Gasteiger partial charge in [0.15, 0.2) is 0 Å². The van der Waals surface area contributed by atoms with E-state index in [1.54, 1.807) is 4.68 Å². The van der Waals surface area contributed by atoms with Crippen molar-refractivity contribution in [3.05, 3.63) is 53.5 Å². The number of aromatic nitrogens is 4. The molecule has 1 aromatic carbocycles. The Morgan fingerprint density at radius 3 is 2.69 bits per heavy atom. The summed E-state index contributed by atoms with van der Waals surface area (Å²) in [6.45, 7) is 6.09. The molecule has 0 bridgehead atoms. The summed E-state index contributed by atoms with van der Waals surface area (Å²) in [5.74, 6) is 1.01. The lowest BCUT2D eigenvalue weighted by atomic mass is 10.0. The van der Waals surface area contributed by atoms with Gasteiger partial charge in [-0.1, -0.05) is 37.2 Å². The van der Waals surface area contributed by atoms with Crippen molar-refractivity contribution in [3.63, 3.8) is 0 Å². The summed E-state index contributed by atoms with van der Waals surface area (Å²) in [5, 5.41) is 11.3. The quantitative estimate of drug-likeness (QED) is 0.735. The lowest BCUT2D eigenvalue weighted by molar-refractivity contribution is 0.0921. The van der Waals surface area contributed by atoms with Crippen LogP contribution >= 0.6 is 0 Å². The summed E-state index contributed by atoms with van der Waals surface area (Å²) in [5.41, 5.74) is 2.20. The third kappa shape index (κ3) is 3.99. The fourth-order valence-electron chi connectivity index (χ4n) is 2.77. The molecule has 2 aromatic heterocycles. The second kappa shape index (κ2) is 7.51. The average Bonchev–Trinajstić information content (AvgIpc) is 3.23. The SMILES string of the molecule is Cc1ccccc1C(=O)NC(CC(C)C)c1nc(-c2ccn(C)n2)no1. The molecule has 136 valence electrons. The number of hydrogen-bond acceptors (Lipinski definition) is 5. The maximum atomic E-state index is 12.7. The molecular weight excluding hydrogens is 330 g/mol. The molecule has 0 saturated heterocycles. The van der Waals surface area contributed by atoms with Crippen molar-refractivity contribution in [1.82, 2.24) is 25.2 Å². The number of nitrogens with zero attached hydrogens (tertiary/aromatic N) is 4. The van der Waals surface area contributed by atoms with Crippen LogP contribution < -0.4 is 5.32 Å². The highest BCUT2D eigenvalue weighted by atomic mass is 16.5. The second-order valence-corrected chi connectivity index (χ2v) is 6.80. The number of rotatable bonds is 6. The molecule has 1 unspecified atom stereocenters. The molecule has 3 aromatic rings. The molecule has 1 N–H and O–H groups in total. The molecule has 0 aliphatic carbocycles. The van der Waals surface area contributed by atoms with E-state index >= 15 is 0 Å². The van der Waals surface area contributed by atoms with Crippen molar-refractivity contribution in [2.75, 3.05) is 0 Å². The Labute approximate surface area is 152 Å². The molecule has 1 atom stereocenters. The summed E-state index contributed by atoms with van der Waals surface area (Å²) in [7, 11) is 1.83. The van der Waals surface area contributed by atoms with Crippen LogP contribution in [0.4, 0.5) is 0 Å². The molecule has 0 fully saturated rings. The van der Waals surface area contributed by atoms with Gasteiger partial charge in [0.05, 0.1) is 0 Å². The summed E-state index contributed by atoms with van der Waals surface area (Å²) in [6.07, 6.45) is 2.51. The molecule has 0 saturated carbocycles. The van der Waals surface area contributed by atoms with Crippen LogP contribution in [0.2, 0.25) is 0 Å². The first-order valence-electron chi connectivity index (χ1n) is 8.64. The van der Waals surface area contributed by atoms with Crippen LogP contribution in [-0.4, -0.2) is 25.8 Å². The summed E-state index contributed by atoms with van der Waals surface area (Å²) in [4.78, 5) is 17.1. The first-order chi connectivity index (χ1) is 12.4. The number of benzene rings is 1. The summed E-state index contributed by atoms with van der Waals surface area (Å²) < 4.78 is 7.11. The van der Waals surface area contributed by atoms with E-state index in [1.807, 2.05) is 50.5 Å². The van der Waals surface area contributed by atoms with Crippen molar-refractivity contribution in [1.29, 1.82) is 0 Å². The van der Waals surface area contributed by atoms with Gasteiger partial charge in [0.1, 0.15) is 11.7 Å². The highest BCUT2D eigenvalue weighted by Gasteiger charge is 2.24. The van der Waals surface area contributed by atoms with Crippen LogP contribution in [0.5, 0.6) is 0 Å². The Kier molecular flexibility index (Phi) is 5.16. The molecule has 0 spiro atoms. The van der Waals surface area contributed by atoms with Crippen molar-refractivity contribution in [2.24, 2.45) is 13.0 Å². The van der Waals surface area contributed by atoms with Gasteiger partial charge in [-0.05, 0) is 37.0 Å². The van der Waals surface area contributed by atoms with Gasteiger partial charge in [0.25, 0.3) is 5.91 Å². The van der Waals surface area contributed by atoms with Crippen LogP contribution in [0.15, 0.2) is 41.1 Å². The molecule has 26 heavy (non-hydrogen) atoms. The maximum Gasteiger partial charge on any atom is 0.252 e. The molecule has 0 aliphatic rings. The molecule has 3 rings (SSSR count). The normalized spacial score (nSPS) is 12.3. The van der Waals surface area contributed by atoms with E-state index < -0.39 is 0 Å². The minimum absolute atomic E-state index is 0.147. The topological polar surface area (TPSA) is 85.8 Å². The number of carbonyl (C=O) groups is 1. The predicted molar refractivity (Wildman–Crippen MR) is 97.3 cm³/mol. The molecule has 2 heterocycles. The van der Waals surface area contributed by atoms with E-state index in [0.717, 1.165) is 5.56 Å². The molecule has 7 nitrogen and oxygen atoms in total. The molecule has 0 radical (unpaired) electrons. The van der Waals surface area contributed by atoms with Gasteiger partial charge in [-0.25, -0.2) is 0 Å². The number of carbonyl (C=O) groups excluding carboxylic acids is 1. The van der Waals surface area contributed by atoms with E-state index in [1.165, 1.54) is 0 Å². The lowest BCUT2D eigenvalue weighted by Crippen LogP contribution is -2.30. The van der Waals surface area contributed by atoms with Gasteiger partial charge in [-0.2, -0.15) is 10.1 Å². The predicted octanol–water partition coefficient (Wildman–Crippen LogP) is 3.30. The molecule has 1 amide bonds. The van der Waals surface area contributed by atoms with Gasteiger partial charge < -0.3 is 9.84 Å². The number of nitrogens with one attached hydrogen (secondary N) is 1. The van der Waals surface area contributed by atoms with Gasteiger partial charge >= 0.3 is 0 Å². The van der Waals surface area contributed by atoms with Crippen LogP contribution in [0.3, 0.4) is 0 Å². The third-order valence-corrected chi connectivity index (χ3v) is 4.08. The Balaban J connectivity index is 1.83. The Hall–Kier alpha value is -2.96. The number of aryl methyl sites for hydroxylation is 2. The van der Waals surface area contributed by atoms with E-state index in [9.17, 15) is 4.79 Å². The minimum atomic E-state index is -0.355. The Morgan fingerprint density at radius 2 is 2.04 bits per heavy atom. The zero-order valence-electron chi connectivity index (χ0n) is 15.4. The molecular formula is C19H23N5O2. The Bertz CT molecular complexity index is 897. The highest BCUT2D eigenvalue weighted by Crippen LogP contribution is 2.23. The smallest absolute Gasteiger partial charge is 0.252 e. The van der Waals surface area contributed by atoms with Gasteiger partial charge in [0, 0.05) is 18.8 Å². The van der Waals surface area contributed by atoms with Crippen molar-refractivity contribution in [2.45, 2.75) is 33.2 Å². The summed E-state index contributed by atoms with van der Waals surface area (Å²) >= 11 is 0. The number of hydrogen-bond donors (Lipinski definition) is 1. The van der Waals surface area contributed by atoms with Crippen LogP contribution in [0, 0.1) is 12.8 Å². The first-order valence-corrected chi connectivity index (χ1v) is 8.64. The maximum absolute atomic E-state index is 12.7. The lowest BCUT2D eigenvalue weighted by Gasteiger charge is -2.17. The minimum Gasteiger partial charge on any atom is -0.340 e. The average molecular weight is 353 g/mol. The Morgan fingerprint density at radius 1 is 1.27 bits per heavy atom. The highest BCUT2D eigenvalue weighted by molar-refractivity contribution is 5.95. The van der Waals surface area contributed by atoms with Crippen molar-refractivity contribution < 1.29 is 9.32 Å². The van der Waals surface area contributed by atoms with Crippen LogP contribution in [-0.2, 0) is 7.05 Å².